The highest BCUT2D eigenvalue weighted by Crippen LogP contribution is 2.23. The summed E-state index contributed by atoms with van der Waals surface area (Å²) in [4.78, 5) is 23.2. The Labute approximate surface area is 148 Å². The zero-order valence-electron chi connectivity index (χ0n) is 15.2. The number of carbonyl (C=O) groups is 1. The molecule has 3 heterocycles. The van der Waals surface area contributed by atoms with Gasteiger partial charge < -0.3 is 14.2 Å². The fourth-order valence-corrected chi connectivity index (χ4v) is 3.23. The molecule has 1 saturated heterocycles. The Morgan fingerprint density at radius 2 is 2.20 bits per heavy atom. The molecular weight excluding hydrogens is 316 g/mol. The van der Waals surface area contributed by atoms with E-state index in [0.29, 0.717) is 38.6 Å². The molecule has 1 fully saturated rings. The number of hydrogen-bond acceptors (Lipinski definition) is 4. The molecule has 0 aliphatic carbocycles. The van der Waals surface area contributed by atoms with Crippen LogP contribution in [0, 0.1) is 6.92 Å². The van der Waals surface area contributed by atoms with Gasteiger partial charge >= 0.3 is 0 Å². The summed E-state index contributed by atoms with van der Waals surface area (Å²) in [7, 11) is 0. The zero-order valence-corrected chi connectivity index (χ0v) is 15.2. The van der Waals surface area contributed by atoms with Crippen LogP contribution in [-0.4, -0.2) is 45.0 Å². The molecule has 0 aromatic carbocycles. The lowest BCUT2D eigenvalue weighted by atomic mass is 10.1. The number of amides is 1. The van der Waals surface area contributed by atoms with Crippen LogP contribution >= 0.6 is 0 Å². The van der Waals surface area contributed by atoms with Crippen molar-refractivity contribution in [2.75, 3.05) is 19.7 Å². The number of ether oxygens (including phenoxy) is 1. The van der Waals surface area contributed by atoms with Gasteiger partial charge in [0.2, 0.25) is 5.91 Å². The van der Waals surface area contributed by atoms with Gasteiger partial charge in [-0.25, -0.2) is 4.98 Å². The minimum absolute atomic E-state index is 0.0705. The fourth-order valence-electron chi connectivity index (χ4n) is 3.23. The first-order valence-corrected chi connectivity index (χ1v) is 8.87. The zero-order chi connectivity index (χ0) is 17.8. The van der Waals surface area contributed by atoms with Crippen molar-refractivity contribution in [3.8, 4) is 0 Å². The second kappa shape index (κ2) is 7.78. The van der Waals surface area contributed by atoms with Crippen molar-refractivity contribution in [3.05, 3.63) is 47.8 Å². The molecule has 134 valence electrons. The number of rotatable bonds is 5. The third-order valence-electron chi connectivity index (χ3n) is 4.54. The van der Waals surface area contributed by atoms with E-state index in [4.69, 9.17) is 4.74 Å². The van der Waals surface area contributed by atoms with Gasteiger partial charge in [0.1, 0.15) is 11.9 Å². The molecule has 6 heteroatoms. The second-order valence-electron chi connectivity index (χ2n) is 6.81. The molecule has 25 heavy (non-hydrogen) atoms. The summed E-state index contributed by atoms with van der Waals surface area (Å²) in [6, 6.07) is 3.99. The van der Waals surface area contributed by atoms with Crippen LogP contribution in [0.15, 0.2) is 30.7 Å². The Kier molecular flexibility index (Phi) is 5.48. The molecular formula is C19H26N4O2. The second-order valence-corrected chi connectivity index (χ2v) is 6.81. The predicted molar refractivity (Wildman–Crippen MR) is 95.2 cm³/mol. The number of morpholine rings is 1. The van der Waals surface area contributed by atoms with Gasteiger partial charge in [-0.05, 0) is 24.6 Å². The average Bonchev–Trinajstić information content (AvgIpc) is 3.09. The summed E-state index contributed by atoms with van der Waals surface area (Å²) >= 11 is 0. The first kappa shape index (κ1) is 17.6. The van der Waals surface area contributed by atoms with E-state index < -0.39 is 0 Å². The lowest BCUT2D eigenvalue weighted by molar-refractivity contribution is -0.139. The Morgan fingerprint density at radius 1 is 1.36 bits per heavy atom. The number of pyridine rings is 1. The van der Waals surface area contributed by atoms with Crippen LogP contribution in [0.1, 0.15) is 49.4 Å². The van der Waals surface area contributed by atoms with Gasteiger partial charge in [0.15, 0.2) is 0 Å². The third kappa shape index (κ3) is 4.25. The maximum atomic E-state index is 12.6. The summed E-state index contributed by atoms with van der Waals surface area (Å²) in [5.74, 6) is 1.55. The largest absolute Gasteiger partial charge is 0.370 e. The molecule has 1 aliphatic heterocycles. The topological polar surface area (TPSA) is 60.2 Å². The monoisotopic (exact) mass is 342 g/mol. The van der Waals surface area contributed by atoms with Crippen molar-refractivity contribution in [1.82, 2.24) is 19.4 Å². The van der Waals surface area contributed by atoms with Crippen LogP contribution in [0.5, 0.6) is 0 Å². The molecule has 0 spiro atoms. The van der Waals surface area contributed by atoms with Gasteiger partial charge in [-0.3, -0.25) is 9.78 Å². The molecule has 0 saturated carbocycles. The van der Waals surface area contributed by atoms with Crippen LogP contribution in [0.3, 0.4) is 0 Å². The molecule has 3 rings (SSSR count). The van der Waals surface area contributed by atoms with Crippen LogP contribution in [0.25, 0.3) is 0 Å². The normalized spacial score (nSPS) is 17.9. The minimum Gasteiger partial charge on any atom is -0.370 e. The summed E-state index contributed by atoms with van der Waals surface area (Å²) in [6.45, 7) is 8.69. The van der Waals surface area contributed by atoms with Gasteiger partial charge in [0.25, 0.3) is 0 Å². The van der Waals surface area contributed by atoms with Crippen molar-refractivity contribution >= 4 is 5.91 Å². The van der Waals surface area contributed by atoms with Gasteiger partial charge in [-0.2, -0.15) is 0 Å². The van der Waals surface area contributed by atoms with Crippen molar-refractivity contribution < 1.29 is 9.53 Å². The number of hydrogen-bond donors (Lipinski definition) is 0. The summed E-state index contributed by atoms with van der Waals surface area (Å²) in [5, 5.41) is 0. The van der Waals surface area contributed by atoms with Crippen LogP contribution < -0.4 is 0 Å². The number of carbonyl (C=O) groups excluding carboxylic acids is 1. The van der Waals surface area contributed by atoms with E-state index in [-0.39, 0.29) is 12.0 Å². The predicted octanol–water partition coefficient (Wildman–Crippen LogP) is 2.70. The highest BCUT2D eigenvalue weighted by molar-refractivity contribution is 5.76. The van der Waals surface area contributed by atoms with E-state index >= 15 is 0 Å². The van der Waals surface area contributed by atoms with Gasteiger partial charge in [-0.15, -0.1) is 0 Å². The smallest absolute Gasteiger partial charge is 0.224 e. The summed E-state index contributed by atoms with van der Waals surface area (Å²) in [6.07, 6.45) is 5.96. The highest BCUT2D eigenvalue weighted by Gasteiger charge is 2.25. The van der Waals surface area contributed by atoms with E-state index in [1.54, 1.807) is 12.4 Å². The fraction of sp³-hybridized carbons (Fsp3) is 0.526. The molecule has 1 atom stereocenters. The van der Waals surface area contributed by atoms with Gasteiger partial charge in [0, 0.05) is 49.7 Å². The van der Waals surface area contributed by atoms with Crippen molar-refractivity contribution in [2.24, 2.45) is 0 Å². The van der Waals surface area contributed by atoms with Crippen LogP contribution in [0.2, 0.25) is 0 Å². The van der Waals surface area contributed by atoms with Crippen LogP contribution in [-0.2, 0) is 16.1 Å². The minimum atomic E-state index is -0.0705. The highest BCUT2D eigenvalue weighted by atomic mass is 16.5. The number of aromatic nitrogens is 3. The lowest BCUT2D eigenvalue weighted by Gasteiger charge is -2.33. The van der Waals surface area contributed by atoms with E-state index in [1.165, 1.54) is 0 Å². The van der Waals surface area contributed by atoms with Crippen molar-refractivity contribution in [1.29, 1.82) is 0 Å². The van der Waals surface area contributed by atoms with E-state index in [2.05, 4.69) is 28.4 Å². The molecule has 0 unspecified atom stereocenters. The Balaban J connectivity index is 1.59. The number of nitrogens with zero attached hydrogens (tertiary/aromatic N) is 4. The van der Waals surface area contributed by atoms with Crippen molar-refractivity contribution in [3.63, 3.8) is 0 Å². The van der Waals surface area contributed by atoms with E-state index in [9.17, 15) is 4.79 Å². The molecule has 2 aromatic rings. The van der Waals surface area contributed by atoms with Gasteiger partial charge in [-0.1, -0.05) is 13.8 Å². The Hall–Kier alpha value is -2.21. The molecule has 0 N–H and O–H groups in total. The van der Waals surface area contributed by atoms with E-state index in [1.807, 2.05) is 30.2 Å². The molecule has 2 aromatic heterocycles. The Bertz CT molecular complexity index is 726. The summed E-state index contributed by atoms with van der Waals surface area (Å²) in [5.41, 5.74) is 2.05. The third-order valence-corrected chi connectivity index (χ3v) is 4.54. The molecule has 6 nitrogen and oxygen atoms in total. The first-order chi connectivity index (χ1) is 12.0. The Morgan fingerprint density at radius 3 is 2.96 bits per heavy atom. The first-order valence-electron chi connectivity index (χ1n) is 8.87. The summed E-state index contributed by atoms with van der Waals surface area (Å²) < 4.78 is 7.94. The quantitative estimate of drug-likeness (QED) is 0.838. The average molecular weight is 342 g/mol. The molecule has 0 bridgehead atoms. The standard InChI is InChI=1S/C19H26N4O2/c1-14(2)19-21-7-9-22(19)8-5-18(24)23-10-11-25-17(13-23)16-4-6-20-15(3)12-16/h4,6-7,9,12,14,17H,5,8,10-11,13H2,1-3H3/t17-/m1/s1. The maximum absolute atomic E-state index is 12.6. The molecule has 0 radical (unpaired) electrons. The number of aryl methyl sites for hydroxylation is 2. The lowest BCUT2D eigenvalue weighted by Crippen LogP contribution is -2.42. The van der Waals surface area contributed by atoms with Crippen molar-refractivity contribution in [2.45, 2.75) is 45.8 Å². The van der Waals surface area contributed by atoms with Crippen LogP contribution in [0.4, 0.5) is 0 Å². The number of imidazole rings is 1. The van der Waals surface area contributed by atoms with E-state index in [0.717, 1.165) is 17.1 Å². The molecule has 1 aliphatic rings. The maximum Gasteiger partial charge on any atom is 0.224 e. The SMILES string of the molecule is Cc1cc([C@H]2CN(C(=O)CCn3ccnc3C(C)C)CCO2)ccn1. The molecule has 1 amide bonds. The van der Waals surface area contributed by atoms with Gasteiger partial charge in [0.05, 0.1) is 13.2 Å².